The molecule has 116 valence electrons. The number of hydrogen-bond donors (Lipinski definition) is 0. The zero-order valence-electron chi connectivity index (χ0n) is 12.8. The van der Waals surface area contributed by atoms with E-state index in [-0.39, 0.29) is 17.9 Å². The van der Waals surface area contributed by atoms with Crippen molar-refractivity contribution in [3.05, 3.63) is 21.9 Å². The van der Waals surface area contributed by atoms with E-state index in [0.29, 0.717) is 19.5 Å². The fraction of sp³-hybridized carbons (Fsp3) is 0.600. The number of thiophene rings is 1. The van der Waals surface area contributed by atoms with Crippen LogP contribution in [0.15, 0.2) is 11.4 Å². The van der Waals surface area contributed by atoms with Crippen molar-refractivity contribution in [3.63, 3.8) is 0 Å². The van der Waals surface area contributed by atoms with E-state index in [9.17, 15) is 9.59 Å². The molecule has 1 aromatic heterocycles. The van der Waals surface area contributed by atoms with Gasteiger partial charge in [0.25, 0.3) is 5.91 Å². The molecule has 0 N–H and O–H groups in total. The third kappa shape index (κ3) is 3.83. The lowest BCUT2D eigenvalue weighted by Crippen LogP contribution is -2.54. The minimum atomic E-state index is -0.185. The number of amides is 1. The van der Waals surface area contributed by atoms with Crippen LogP contribution < -0.4 is 0 Å². The molecule has 21 heavy (non-hydrogen) atoms. The summed E-state index contributed by atoms with van der Waals surface area (Å²) in [6.45, 7) is 7.03. The number of methoxy groups -OCH3 is 1. The summed E-state index contributed by atoms with van der Waals surface area (Å²) in [7, 11) is 1.41. The van der Waals surface area contributed by atoms with Gasteiger partial charge in [0, 0.05) is 32.2 Å². The highest BCUT2D eigenvalue weighted by atomic mass is 32.1. The second-order valence-corrected chi connectivity index (χ2v) is 6.32. The van der Waals surface area contributed by atoms with E-state index < -0.39 is 0 Å². The maximum Gasteiger partial charge on any atom is 0.306 e. The van der Waals surface area contributed by atoms with Gasteiger partial charge in [-0.1, -0.05) is 0 Å². The van der Waals surface area contributed by atoms with Gasteiger partial charge in [-0.05, 0) is 30.9 Å². The van der Waals surface area contributed by atoms with Crippen molar-refractivity contribution >= 4 is 23.2 Å². The summed E-state index contributed by atoms with van der Waals surface area (Å²) < 4.78 is 4.66. The largest absolute Gasteiger partial charge is 0.469 e. The molecule has 1 amide bonds. The van der Waals surface area contributed by atoms with Crippen LogP contribution in [-0.2, 0) is 9.53 Å². The van der Waals surface area contributed by atoms with Gasteiger partial charge in [0.2, 0.25) is 0 Å². The average molecular weight is 310 g/mol. The molecule has 2 rings (SSSR count). The lowest BCUT2D eigenvalue weighted by Gasteiger charge is -2.39. The molecule has 2 heterocycles. The van der Waals surface area contributed by atoms with E-state index in [1.165, 1.54) is 18.4 Å². The molecule has 6 heteroatoms. The molecule has 1 aliphatic rings. The van der Waals surface area contributed by atoms with Crippen LogP contribution in [0.1, 0.15) is 28.6 Å². The Bertz CT molecular complexity index is 515. The molecule has 0 radical (unpaired) electrons. The highest BCUT2D eigenvalue weighted by Gasteiger charge is 2.29. The van der Waals surface area contributed by atoms with Crippen molar-refractivity contribution in [1.82, 2.24) is 9.80 Å². The third-order valence-electron chi connectivity index (χ3n) is 3.89. The Hall–Kier alpha value is -1.40. The Labute approximate surface area is 129 Å². The van der Waals surface area contributed by atoms with Crippen LogP contribution in [0.4, 0.5) is 0 Å². The van der Waals surface area contributed by atoms with E-state index in [1.54, 1.807) is 0 Å². The van der Waals surface area contributed by atoms with E-state index >= 15 is 0 Å². The van der Waals surface area contributed by atoms with Crippen LogP contribution in [0.2, 0.25) is 0 Å². The number of carbonyl (C=O) groups is 2. The number of hydrogen-bond acceptors (Lipinski definition) is 5. The summed E-state index contributed by atoms with van der Waals surface area (Å²) in [5.41, 5.74) is 1.05. The number of carbonyl (C=O) groups excluding carboxylic acids is 2. The highest BCUT2D eigenvalue weighted by molar-refractivity contribution is 7.12. The lowest BCUT2D eigenvalue weighted by molar-refractivity contribution is -0.141. The summed E-state index contributed by atoms with van der Waals surface area (Å²) in [5.74, 6) is -0.0574. The summed E-state index contributed by atoms with van der Waals surface area (Å²) >= 11 is 1.51. The van der Waals surface area contributed by atoms with Gasteiger partial charge in [-0.15, -0.1) is 11.3 Å². The van der Waals surface area contributed by atoms with Gasteiger partial charge in [0.05, 0.1) is 18.4 Å². The van der Waals surface area contributed by atoms with E-state index in [1.807, 2.05) is 23.3 Å². The number of esters is 1. The smallest absolute Gasteiger partial charge is 0.306 e. The van der Waals surface area contributed by atoms with Gasteiger partial charge in [0.1, 0.15) is 0 Å². The number of rotatable bonds is 4. The molecule has 1 fully saturated rings. The number of ether oxygens (including phenoxy) is 1. The number of nitrogens with zero attached hydrogens (tertiary/aromatic N) is 2. The molecule has 5 nitrogen and oxygen atoms in total. The maximum absolute atomic E-state index is 12.6. The first kappa shape index (κ1) is 16.0. The lowest BCUT2D eigenvalue weighted by atomic mass is 10.1. The maximum atomic E-state index is 12.6. The summed E-state index contributed by atoms with van der Waals surface area (Å²) in [4.78, 5) is 28.7. The minimum absolute atomic E-state index is 0.127. The molecule has 1 aromatic rings. The van der Waals surface area contributed by atoms with Gasteiger partial charge in [-0.2, -0.15) is 0 Å². The van der Waals surface area contributed by atoms with Gasteiger partial charge in [-0.3, -0.25) is 14.5 Å². The van der Waals surface area contributed by atoms with Crippen LogP contribution in [0.3, 0.4) is 0 Å². The first-order chi connectivity index (χ1) is 10.0. The molecule has 1 aliphatic heterocycles. The van der Waals surface area contributed by atoms with E-state index in [2.05, 4.69) is 16.6 Å². The SMILES string of the molecule is COC(=O)CCN1CCN(C(=O)c2sccc2C)[C@@H](C)C1. The fourth-order valence-corrected chi connectivity index (χ4v) is 3.49. The van der Waals surface area contributed by atoms with Crippen LogP contribution >= 0.6 is 11.3 Å². The third-order valence-corrected chi connectivity index (χ3v) is 4.89. The van der Waals surface area contributed by atoms with Crippen LogP contribution in [0, 0.1) is 6.92 Å². The van der Waals surface area contributed by atoms with Gasteiger partial charge in [-0.25, -0.2) is 0 Å². The predicted octanol–water partition coefficient (Wildman–Crippen LogP) is 1.77. The van der Waals surface area contributed by atoms with Crippen molar-refractivity contribution in [2.75, 3.05) is 33.3 Å². The normalized spacial score (nSPS) is 19.6. The Morgan fingerprint density at radius 3 is 2.76 bits per heavy atom. The first-order valence-electron chi connectivity index (χ1n) is 7.17. The molecule has 0 aromatic carbocycles. The summed E-state index contributed by atoms with van der Waals surface area (Å²) in [5, 5.41) is 1.96. The van der Waals surface area contributed by atoms with E-state index in [4.69, 9.17) is 0 Å². The average Bonchev–Trinajstić information content (AvgIpc) is 2.90. The van der Waals surface area contributed by atoms with Crippen molar-refractivity contribution in [1.29, 1.82) is 0 Å². The van der Waals surface area contributed by atoms with Gasteiger partial charge < -0.3 is 9.64 Å². The second kappa shape index (κ2) is 7.04. The summed E-state index contributed by atoms with van der Waals surface area (Å²) in [6.07, 6.45) is 0.404. The van der Waals surface area contributed by atoms with Crippen LogP contribution in [-0.4, -0.2) is 61.0 Å². The Morgan fingerprint density at radius 1 is 1.43 bits per heavy atom. The first-order valence-corrected chi connectivity index (χ1v) is 8.05. The number of piperazine rings is 1. The van der Waals surface area contributed by atoms with Crippen molar-refractivity contribution in [2.45, 2.75) is 26.3 Å². The predicted molar refractivity (Wildman–Crippen MR) is 82.6 cm³/mol. The quantitative estimate of drug-likeness (QED) is 0.795. The molecular formula is C15H22N2O3S. The van der Waals surface area contributed by atoms with E-state index in [0.717, 1.165) is 23.5 Å². The second-order valence-electron chi connectivity index (χ2n) is 5.41. The molecular weight excluding hydrogens is 288 g/mol. The van der Waals surface area contributed by atoms with Crippen LogP contribution in [0.5, 0.6) is 0 Å². The Kier molecular flexibility index (Phi) is 5.36. The molecule has 0 aliphatic carbocycles. The number of aryl methyl sites for hydroxylation is 1. The molecule has 0 spiro atoms. The van der Waals surface area contributed by atoms with Gasteiger partial charge >= 0.3 is 5.97 Å². The molecule has 0 bridgehead atoms. The molecule has 1 atom stereocenters. The molecule has 0 unspecified atom stereocenters. The van der Waals surface area contributed by atoms with Gasteiger partial charge in [0.15, 0.2) is 0 Å². The summed E-state index contributed by atoms with van der Waals surface area (Å²) in [6, 6.07) is 2.14. The zero-order valence-corrected chi connectivity index (χ0v) is 13.6. The van der Waals surface area contributed by atoms with Crippen molar-refractivity contribution < 1.29 is 14.3 Å². The highest BCUT2D eigenvalue weighted by Crippen LogP contribution is 2.21. The topological polar surface area (TPSA) is 49.9 Å². The zero-order chi connectivity index (χ0) is 15.4. The fourth-order valence-electron chi connectivity index (χ4n) is 2.61. The standard InChI is InChI=1S/C15H22N2O3S/c1-11-5-9-21-14(11)15(19)17-8-7-16(10-12(17)2)6-4-13(18)20-3/h5,9,12H,4,6-8,10H2,1-3H3/t12-/m0/s1. The Morgan fingerprint density at radius 2 is 2.19 bits per heavy atom. The van der Waals surface area contributed by atoms with Crippen LogP contribution in [0.25, 0.3) is 0 Å². The molecule has 0 saturated carbocycles. The monoisotopic (exact) mass is 310 g/mol. The minimum Gasteiger partial charge on any atom is -0.469 e. The van der Waals surface area contributed by atoms with Crippen molar-refractivity contribution in [2.24, 2.45) is 0 Å². The Balaban J connectivity index is 1.91. The van der Waals surface area contributed by atoms with Crippen molar-refractivity contribution in [3.8, 4) is 0 Å². The molecule has 1 saturated heterocycles.